The van der Waals surface area contributed by atoms with Crippen molar-refractivity contribution in [3.63, 3.8) is 0 Å². The molecule has 2 heteroatoms. The Morgan fingerprint density at radius 1 is 1.67 bits per heavy atom. The molecule has 0 amide bonds. The zero-order valence-corrected chi connectivity index (χ0v) is 5.55. The number of hydrogen-bond donors (Lipinski definition) is 1. The van der Waals surface area contributed by atoms with Crippen LogP contribution in [-0.2, 0) is 4.74 Å². The quantitative estimate of drug-likeness (QED) is 0.576. The zero-order chi connectivity index (χ0) is 6.69. The molecule has 0 unspecified atom stereocenters. The largest absolute Gasteiger partial charge is 0.447 e. The van der Waals surface area contributed by atoms with Crippen LogP contribution in [0.3, 0.4) is 0 Å². The standard InChI is InChI=1S/C7H11NO/c1-2-6-4-3-5-7(8)9-6/h4-5H,2-3,8H2,1H3. The van der Waals surface area contributed by atoms with Gasteiger partial charge >= 0.3 is 0 Å². The van der Waals surface area contributed by atoms with Crippen LogP contribution in [0.1, 0.15) is 19.8 Å². The van der Waals surface area contributed by atoms with E-state index in [1.165, 1.54) is 0 Å². The van der Waals surface area contributed by atoms with Gasteiger partial charge in [-0.05, 0) is 18.6 Å². The van der Waals surface area contributed by atoms with Gasteiger partial charge in [-0.2, -0.15) is 0 Å². The molecule has 0 spiro atoms. The fraction of sp³-hybridized carbons (Fsp3) is 0.429. The van der Waals surface area contributed by atoms with Crippen molar-refractivity contribution in [3.8, 4) is 0 Å². The topological polar surface area (TPSA) is 35.2 Å². The molecule has 0 fully saturated rings. The minimum absolute atomic E-state index is 0.536. The summed E-state index contributed by atoms with van der Waals surface area (Å²) in [6.07, 6.45) is 5.74. The van der Waals surface area contributed by atoms with Gasteiger partial charge in [-0.3, -0.25) is 0 Å². The molecule has 0 aromatic carbocycles. The van der Waals surface area contributed by atoms with Crippen molar-refractivity contribution in [2.45, 2.75) is 19.8 Å². The maximum atomic E-state index is 5.40. The van der Waals surface area contributed by atoms with E-state index >= 15 is 0 Å². The molecule has 0 saturated heterocycles. The first-order valence-electron chi connectivity index (χ1n) is 3.15. The lowest BCUT2D eigenvalue weighted by Crippen LogP contribution is -2.05. The molecule has 2 N–H and O–H groups in total. The van der Waals surface area contributed by atoms with Crippen molar-refractivity contribution in [1.29, 1.82) is 0 Å². The molecule has 9 heavy (non-hydrogen) atoms. The Morgan fingerprint density at radius 3 is 2.89 bits per heavy atom. The van der Waals surface area contributed by atoms with E-state index in [0.29, 0.717) is 5.88 Å². The van der Waals surface area contributed by atoms with Crippen molar-refractivity contribution >= 4 is 0 Å². The SMILES string of the molecule is CCC1=CCC=C(N)O1. The zero-order valence-electron chi connectivity index (χ0n) is 5.55. The van der Waals surface area contributed by atoms with Gasteiger partial charge in [-0.25, -0.2) is 0 Å². The van der Waals surface area contributed by atoms with Crippen molar-refractivity contribution in [2.75, 3.05) is 0 Å². The lowest BCUT2D eigenvalue weighted by atomic mass is 10.2. The van der Waals surface area contributed by atoms with Crippen molar-refractivity contribution < 1.29 is 4.74 Å². The summed E-state index contributed by atoms with van der Waals surface area (Å²) in [5, 5.41) is 0. The lowest BCUT2D eigenvalue weighted by Gasteiger charge is -2.10. The lowest BCUT2D eigenvalue weighted by molar-refractivity contribution is 0.281. The van der Waals surface area contributed by atoms with Gasteiger partial charge in [0.15, 0.2) is 5.88 Å². The highest BCUT2D eigenvalue weighted by molar-refractivity contribution is 5.07. The van der Waals surface area contributed by atoms with Crippen molar-refractivity contribution in [3.05, 3.63) is 23.8 Å². The van der Waals surface area contributed by atoms with Crippen LogP contribution in [0.2, 0.25) is 0 Å². The second-order valence-corrected chi connectivity index (χ2v) is 1.97. The van der Waals surface area contributed by atoms with Crippen LogP contribution in [0.15, 0.2) is 23.8 Å². The summed E-state index contributed by atoms with van der Waals surface area (Å²) in [6.45, 7) is 2.05. The van der Waals surface area contributed by atoms with Crippen LogP contribution in [-0.4, -0.2) is 0 Å². The normalized spacial score (nSPS) is 17.9. The molecular formula is C7H11NO. The number of nitrogens with two attached hydrogens (primary N) is 1. The number of ether oxygens (including phenoxy) is 1. The van der Waals surface area contributed by atoms with E-state index in [9.17, 15) is 0 Å². The molecule has 1 aliphatic rings. The number of rotatable bonds is 1. The second-order valence-electron chi connectivity index (χ2n) is 1.97. The van der Waals surface area contributed by atoms with Gasteiger partial charge in [-0.15, -0.1) is 0 Å². The van der Waals surface area contributed by atoms with Crippen LogP contribution >= 0.6 is 0 Å². The molecule has 50 valence electrons. The van der Waals surface area contributed by atoms with Gasteiger partial charge in [0.2, 0.25) is 0 Å². The van der Waals surface area contributed by atoms with E-state index in [4.69, 9.17) is 10.5 Å². The van der Waals surface area contributed by atoms with Crippen LogP contribution in [0.25, 0.3) is 0 Å². The summed E-state index contributed by atoms with van der Waals surface area (Å²) >= 11 is 0. The molecule has 0 bridgehead atoms. The summed E-state index contributed by atoms with van der Waals surface area (Å²) < 4.78 is 5.14. The predicted molar refractivity (Wildman–Crippen MR) is 36.3 cm³/mol. The summed E-state index contributed by atoms with van der Waals surface area (Å²) in [4.78, 5) is 0. The smallest absolute Gasteiger partial charge is 0.186 e. The minimum atomic E-state index is 0.536. The Bertz CT molecular complexity index is 158. The molecule has 0 saturated carbocycles. The van der Waals surface area contributed by atoms with E-state index in [2.05, 4.69) is 0 Å². The molecule has 2 nitrogen and oxygen atoms in total. The highest BCUT2D eigenvalue weighted by atomic mass is 16.5. The average molecular weight is 125 g/mol. The van der Waals surface area contributed by atoms with Crippen LogP contribution in [0, 0.1) is 0 Å². The molecule has 1 aliphatic heterocycles. The molecule has 0 aliphatic carbocycles. The highest BCUT2D eigenvalue weighted by Crippen LogP contribution is 2.13. The van der Waals surface area contributed by atoms with Gasteiger partial charge in [0.25, 0.3) is 0 Å². The van der Waals surface area contributed by atoms with Gasteiger partial charge in [0.1, 0.15) is 5.76 Å². The van der Waals surface area contributed by atoms with E-state index in [1.807, 2.05) is 19.1 Å². The molecule has 1 rings (SSSR count). The third-order valence-corrected chi connectivity index (χ3v) is 1.26. The minimum Gasteiger partial charge on any atom is -0.447 e. The third kappa shape index (κ3) is 1.49. The Balaban J connectivity index is 2.51. The number of hydrogen-bond acceptors (Lipinski definition) is 2. The number of allylic oxidation sites excluding steroid dienone is 3. The van der Waals surface area contributed by atoms with Gasteiger partial charge in [-0.1, -0.05) is 6.92 Å². The van der Waals surface area contributed by atoms with Crippen LogP contribution < -0.4 is 5.73 Å². The third-order valence-electron chi connectivity index (χ3n) is 1.26. The second kappa shape index (κ2) is 2.58. The van der Waals surface area contributed by atoms with Crippen LogP contribution in [0.5, 0.6) is 0 Å². The fourth-order valence-corrected chi connectivity index (χ4v) is 0.758. The molecule has 0 aromatic heterocycles. The molecule has 0 atom stereocenters. The van der Waals surface area contributed by atoms with Crippen molar-refractivity contribution in [1.82, 2.24) is 0 Å². The summed E-state index contributed by atoms with van der Waals surface area (Å²) in [5.41, 5.74) is 5.40. The molecule has 1 heterocycles. The molecule has 0 aromatic rings. The first-order chi connectivity index (χ1) is 4.33. The van der Waals surface area contributed by atoms with E-state index in [0.717, 1.165) is 18.6 Å². The first-order valence-corrected chi connectivity index (χ1v) is 3.15. The first kappa shape index (κ1) is 6.20. The van der Waals surface area contributed by atoms with Crippen LogP contribution in [0.4, 0.5) is 0 Å². The maximum absolute atomic E-state index is 5.40. The summed E-state index contributed by atoms with van der Waals surface area (Å²) in [7, 11) is 0. The van der Waals surface area contributed by atoms with E-state index in [-0.39, 0.29) is 0 Å². The Labute approximate surface area is 55.0 Å². The fourth-order valence-electron chi connectivity index (χ4n) is 0.758. The maximum Gasteiger partial charge on any atom is 0.186 e. The average Bonchev–Trinajstić information content (AvgIpc) is 1.88. The summed E-state index contributed by atoms with van der Waals surface area (Å²) in [5.74, 6) is 1.52. The highest BCUT2D eigenvalue weighted by Gasteiger charge is 2.00. The van der Waals surface area contributed by atoms with Gasteiger partial charge in [0.05, 0.1) is 0 Å². The Hall–Kier alpha value is -0.920. The predicted octanol–water partition coefficient (Wildman–Crippen LogP) is 1.50. The Morgan fingerprint density at radius 2 is 2.44 bits per heavy atom. The monoisotopic (exact) mass is 125 g/mol. The van der Waals surface area contributed by atoms with Gasteiger partial charge in [0, 0.05) is 6.42 Å². The van der Waals surface area contributed by atoms with Crippen molar-refractivity contribution in [2.24, 2.45) is 5.73 Å². The van der Waals surface area contributed by atoms with E-state index < -0.39 is 0 Å². The van der Waals surface area contributed by atoms with Gasteiger partial charge < -0.3 is 10.5 Å². The Kier molecular flexibility index (Phi) is 1.78. The van der Waals surface area contributed by atoms with E-state index in [1.54, 1.807) is 0 Å². The molecule has 0 radical (unpaired) electrons. The molecular weight excluding hydrogens is 114 g/mol. The summed E-state index contributed by atoms with van der Waals surface area (Å²) in [6, 6.07) is 0.